The van der Waals surface area contributed by atoms with Gasteiger partial charge in [-0.05, 0) is 34.9 Å². The summed E-state index contributed by atoms with van der Waals surface area (Å²) in [5.74, 6) is -0.816. The van der Waals surface area contributed by atoms with Gasteiger partial charge in [0.05, 0.1) is 5.56 Å². The second kappa shape index (κ2) is 10.2. The SMILES string of the molecule is [B]c1c([B])c([B])c(-c2c([B])c([B])c(-c3c(OS(=O)(=O)C(F)(F)F)ccc4c3oc3ccccc34)c([B])c2[B])c([B])c1[B]. The number of furan rings is 1. The van der Waals surface area contributed by atoms with Crippen LogP contribution in [-0.4, -0.2) is 84.5 Å². The van der Waals surface area contributed by atoms with Gasteiger partial charge in [-0.2, -0.15) is 21.6 Å². The molecule has 0 unspecified atom stereocenters. The highest BCUT2D eigenvalue weighted by Gasteiger charge is 2.49. The molecule has 4 nitrogen and oxygen atoms in total. The summed E-state index contributed by atoms with van der Waals surface area (Å²) in [5.41, 5.74) is -8.30. The number of benzene rings is 4. The Kier molecular flexibility index (Phi) is 7.36. The number of alkyl halides is 3. The van der Waals surface area contributed by atoms with Gasteiger partial charge in [0.15, 0.2) is 5.75 Å². The van der Waals surface area contributed by atoms with Gasteiger partial charge in [-0.15, -0.1) is 16.4 Å². The third-order valence-electron chi connectivity index (χ3n) is 6.85. The Hall–Kier alpha value is -3.20. The predicted octanol–water partition coefficient (Wildman–Crippen LogP) is -3.71. The van der Waals surface area contributed by atoms with E-state index in [9.17, 15) is 21.6 Å². The van der Waals surface area contributed by atoms with Crippen molar-refractivity contribution in [2.75, 3.05) is 0 Å². The molecule has 0 N–H and O–H groups in total. The first-order valence-electron chi connectivity index (χ1n) is 11.7. The van der Waals surface area contributed by atoms with E-state index in [4.69, 9.17) is 75.0 Å². The molecule has 0 saturated carbocycles. The van der Waals surface area contributed by atoms with Crippen LogP contribution in [0.4, 0.5) is 13.2 Å². The first kappa shape index (κ1) is 30.3. The van der Waals surface area contributed by atoms with Crippen LogP contribution in [0.2, 0.25) is 0 Å². The van der Waals surface area contributed by atoms with Gasteiger partial charge in [0.25, 0.3) is 0 Å². The van der Waals surface area contributed by atoms with Crippen molar-refractivity contribution < 1.29 is 30.2 Å². The highest BCUT2D eigenvalue weighted by molar-refractivity contribution is 7.88. The molecule has 1 aromatic heterocycles. The minimum Gasteiger partial charge on any atom is -0.455 e. The monoisotopic (exact) mass is 558 g/mol. The lowest BCUT2D eigenvalue weighted by molar-refractivity contribution is -0.0499. The standard InChI is InChI=1S/C25H6B9F3O4S/c26-15-12(16(27)18(29)13(17(15)28)14-19(30)21(32)23(34)22(33)20(14)31)11-10(41-42(38,39)25(35,36)37)6-5-8-7-3-1-2-4-9(7)40-24(8)11/h1-6H. The van der Waals surface area contributed by atoms with Gasteiger partial charge >= 0.3 is 15.6 Å². The van der Waals surface area contributed by atoms with E-state index in [0.717, 1.165) is 6.07 Å². The largest absolute Gasteiger partial charge is 0.534 e. The molecule has 0 amide bonds. The molecule has 5 rings (SSSR count). The molecule has 5 aromatic rings. The van der Waals surface area contributed by atoms with E-state index in [2.05, 4.69) is 4.18 Å². The maximum absolute atomic E-state index is 13.4. The van der Waals surface area contributed by atoms with E-state index >= 15 is 0 Å². The molecule has 0 aliphatic heterocycles. The van der Waals surface area contributed by atoms with Crippen molar-refractivity contribution in [2.24, 2.45) is 0 Å². The van der Waals surface area contributed by atoms with Crippen LogP contribution in [0.3, 0.4) is 0 Å². The average molecular weight is 557 g/mol. The summed E-state index contributed by atoms with van der Waals surface area (Å²) in [6, 6.07) is 8.94. The van der Waals surface area contributed by atoms with Crippen molar-refractivity contribution in [1.29, 1.82) is 0 Å². The molecule has 17 heteroatoms. The Morgan fingerprint density at radius 3 is 1.50 bits per heavy atom. The smallest absolute Gasteiger partial charge is 0.455 e. The zero-order valence-electron chi connectivity index (χ0n) is 21.3. The Bertz CT molecular complexity index is 2020. The maximum Gasteiger partial charge on any atom is 0.534 e. The summed E-state index contributed by atoms with van der Waals surface area (Å²) in [6.07, 6.45) is 0. The molecule has 1 heterocycles. The van der Waals surface area contributed by atoms with E-state index in [-0.39, 0.29) is 77.0 Å². The molecule has 0 aliphatic carbocycles. The van der Waals surface area contributed by atoms with Crippen LogP contribution < -0.4 is 53.3 Å². The van der Waals surface area contributed by atoms with Gasteiger partial charge in [0.2, 0.25) is 0 Å². The molecule has 42 heavy (non-hydrogen) atoms. The van der Waals surface area contributed by atoms with Crippen LogP contribution in [0.1, 0.15) is 0 Å². The molecular weight excluding hydrogens is 551 g/mol. The van der Waals surface area contributed by atoms with Crippen molar-refractivity contribution in [3.8, 4) is 28.0 Å². The number of fused-ring (bicyclic) bond motifs is 3. The zero-order valence-corrected chi connectivity index (χ0v) is 22.2. The van der Waals surface area contributed by atoms with Gasteiger partial charge in [0, 0.05) is 10.8 Å². The average Bonchev–Trinajstić information content (AvgIpc) is 3.30. The van der Waals surface area contributed by atoms with Crippen LogP contribution >= 0.6 is 0 Å². The summed E-state index contributed by atoms with van der Waals surface area (Å²) in [6.45, 7) is 0. The van der Waals surface area contributed by atoms with Crippen molar-refractivity contribution in [2.45, 2.75) is 5.51 Å². The Labute approximate surface area is 251 Å². The van der Waals surface area contributed by atoms with Crippen LogP contribution in [0.25, 0.3) is 44.2 Å². The first-order valence-corrected chi connectivity index (χ1v) is 13.1. The summed E-state index contributed by atoms with van der Waals surface area (Å²) in [7, 11) is 49.8. The summed E-state index contributed by atoms with van der Waals surface area (Å²) >= 11 is 0. The normalized spacial score (nSPS) is 12.3. The third kappa shape index (κ3) is 4.46. The number of para-hydroxylation sites is 1. The molecular formula is C25H6B9F3O4S. The minimum absolute atomic E-state index is 0.0442. The van der Waals surface area contributed by atoms with E-state index in [1.165, 1.54) is 6.07 Å². The lowest BCUT2D eigenvalue weighted by atomic mass is 9.56. The van der Waals surface area contributed by atoms with E-state index < -0.39 is 21.4 Å². The predicted molar refractivity (Wildman–Crippen MR) is 169 cm³/mol. The first-order chi connectivity index (χ1) is 19.5. The zero-order chi connectivity index (χ0) is 31.0. The van der Waals surface area contributed by atoms with Gasteiger partial charge in [-0.1, -0.05) is 51.0 Å². The Morgan fingerprint density at radius 1 is 0.571 bits per heavy atom. The molecule has 0 atom stereocenters. The molecule has 0 spiro atoms. The second-order valence-electron chi connectivity index (χ2n) is 9.24. The van der Waals surface area contributed by atoms with Crippen molar-refractivity contribution in [3.05, 3.63) is 36.4 Å². The van der Waals surface area contributed by atoms with Crippen LogP contribution in [0, 0.1) is 0 Å². The lowest BCUT2D eigenvalue weighted by Crippen LogP contribution is -2.57. The fourth-order valence-electron chi connectivity index (χ4n) is 4.73. The second-order valence-corrected chi connectivity index (χ2v) is 10.8. The fourth-order valence-corrected chi connectivity index (χ4v) is 5.20. The lowest BCUT2D eigenvalue weighted by Gasteiger charge is -2.28. The number of hydrogen-bond donors (Lipinski definition) is 0. The molecule has 0 aliphatic rings. The fraction of sp³-hybridized carbons (Fsp3) is 0.0400. The third-order valence-corrected chi connectivity index (χ3v) is 7.81. The van der Waals surface area contributed by atoms with Gasteiger partial charge in [0.1, 0.15) is 81.8 Å². The van der Waals surface area contributed by atoms with Gasteiger partial charge in [-0.25, -0.2) is 0 Å². The molecule has 0 fully saturated rings. The number of hydrogen-bond acceptors (Lipinski definition) is 4. The Morgan fingerprint density at radius 2 is 1.00 bits per heavy atom. The van der Waals surface area contributed by atoms with Crippen LogP contribution in [-0.2, 0) is 10.1 Å². The van der Waals surface area contributed by atoms with Gasteiger partial charge < -0.3 is 8.60 Å². The maximum atomic E-state index is 13.4. The topological polar surface area (TPSA) is 56.5 Å². The molecule has 18 radical (unpaired) electrons. The minimum atomic E-state index is -6.16. The van der Waals surface area contributed by atoms with Crippen molar-refractivity contribution in [1.82, 2.24) is 0 Å². The highest BCUT2D eigenvalue weighted by atomic mass is 32.2. The quantitative estimate of drug-likeness (QED) is 0.130. The van der Waals surface area contributed by atoms with Crippen LogP contribution in [0.5, 0.6) is 5.75 Å². The molecule has 0 bridgehead atoms. The molecule has 184 valence electrons. The van der Waals surface area contributed by atoms with Crippen LogP contribution in [0.15, 0.2) is 40.8 Å². The Balaban J connectivity index is 1.92. The summed E-state index contributed by atoms with van der Waals surface area (Å²) in [5, 5.41) is 0.909. The number of halogens is 3. The van der Waals surface area contributed by atoms with E-state index in [0.29, 0.717) is 16.4 Å². The highest BCUT2D eigenvalue weighted by Crippen LogP contribution is 2.42. The van der Waals surface area contributed by atoms with E-state index in [1.807, 2.05) is 0 Å². The number of rotatable bonds is 4. The van der Waals surface area contributed by atoms with E-state index in [1.54, 1.807) is 24.3 Å². The molecule has 0 saturated heterocycles. The van der Waals surface area contributed by atoms with Crippen molar-refractivity contribution in [3.63, 3.8) is 0 Å². The summed E-state index contributed by atoms with van der Waals surface area (Å²) in [4.78, 5) is 0. The van der Waals surface area contributed by atoms with Gasteiger partial charge in [-0.3, -0.25) is 0 Å². The van der Waals surface area contributed by atoms with Crippen molar-refractivity contribution >= 4 is 152 Å². The summed E-state index contributed by atoms with van der Waals surface area (Å²) < 4.78 is 74.7. The molecule has 4 aromatic carbocycles.